The van der Waals surface area contributed by atoms with Crippen molar-refractivity contribution in [3.8, 4) is 11.1 Å². The van der Waals surface area contributed by atoms with E-state index >= 15 is 4.39 Å². The fourth-order valence-corrected chi connectivity index (χ4v) is 8.44. The smallest absolute Gasteiger partial charge is 0.302 e. The predicted octanol–water partition coefficient (Wildman–Crippen LogP) is 5.45. The molecule has 3 aliphatic rings. The Morgan fingerprint density at radius 2 is 1.88 bits per heavy atom. The minimum Gasteiger partial charge on any atom is -0.461 e. The van der Waals surface area contributed by atoms with Crippen molar-refractivity contribution in [2.45, 2.75) is 39.7 Å². The number of ether oxygens (including phenoxy) is 1. The van der Waals surface area contributed by atoms with E-state index in [4.69, 9.17) is 4.74 Å². The monoisotopic (exact) mass is 682 g/mol. The zero-order chi connectivity index (χ0) is 34.4. The molecule has 1 saturated heterocycles. The van der Waals surface area contributed by atoms with Crippen LogP contribution in [0, 0.1) is 5.82 Å². The number of nitrogens with zero attached hydrogens (tertiary/aromatic N) is 5. The summed E-state index contributed by atoms with van der Waals surface area (Å²) in [5, 5.41) is 3.15. The number of esters is 1. The summed E-state index contributed by atoms with van der Waals surface area (Å²) in [6, 6.07) is 8.14. The maximum Gasteiger partial charge on any atom is 0.302 e. The highest BCUT2D eigenvalue weighted by Crippen LogP contribution is 2.42. The van der Waals surface area contributed by atoms with Gasteiger partial charge in [-0.1, -0.05) is 19.1 Å². The minimum atomic E-state index is -0.555. The number of amides is 1. The number of anilines is 4. The third-order valence-electron chi connectivity index (χ3n) is 9.65. The number of carbonyl (C=O) groups is 2. The molecule has 3 aromatic heterocycles. The normalized spacial score (nSPS) is 16.2. The number of hydrogen-bond donors (Lipinski definition) is 1. The molecule has 4 aromatic rings. The molecule has 254 valence electrons. The standard InChI is InChI=1S/C37H39FN6O4S/c1-5-42-10-12-43(13-11-42)26-6-7-34(39-19-26)40-31-16-24(20-41(4)36(31)46)28-17-25(38)18-32(30(28)21-48-23(3)45)44-9-8-27-29-14-22(2)15-33(29)49-35(27)37(44)47/h6-7,16-20H,2,5,8-15,21H2,1,3-4H3,(H,39,40). The summed E-state index contributed by atoms with van der Waals surface area (Å²) in [5.41, 5.74) is 6.12. The molecule has 0 spiro atoms. The van der Waals surface area contributed by atoms with Gasteiger partial charge in [0.2, 0.25) is 0 Å². The van der Waals surface area contributed by atoms with E-state index in [0.29, 0.717) is 46.0 Å². The van der Waals surface area contributed by atoms with Gasteiger partial charge in [-0.05, 0) is 66.4 Å². The van der Waals surface area contributed by atoms with Gasteiger partial charge in [0.15, 0.2) is 0 Å². The van der Waals surface area contributed by atoms with Crippen LogP contribution in [-0.4, -0.2) is 65.6 Å². The topological polar surface area (TPSA) is 100 Å². The summed E-state index contributed by atoms with van der Waals surface area (Å²) in [7, 11) is 1.62. The average molecular weight is 683 g/mol. The van der Waals surface area contributed by atoms with Gasteiger partial charge in [0.05, 0.1) is 22.4 Å². The Morgan fingerprint density at radius 3 is 2.59 bits per heavy atom. The van der Waals surface area contributed by atoms with Crippen LogP contribution in [0.3, 0.4) is 0 Å². The van der Waals surface area contributed by atoms with E-state index in [1.807, 2.05) is 12.1 Å². The summed E-state index contributed by atoms with van der Waals surface area (Å²) >= 11 is 1.49. The molecule has 0 saturated carbocycles. The number of carbonyl (C=O) groups excluding carboxylic acids is 2. The average Bonchev–Trinajstić information content (AvgIpc) is 3.63. The zero-order valence-electron chi connectivity index (χ0n) is 28.0. The van der Waals surface area contributed by atoms with Crippen LogP contribution in [0.5, 0.6) is 0 Å². The highest BCUT2D eigenvalue weighted by Gasteiger charge is 2.35. The van der Waals surface area contributed by atoms with Gasteiger partial charge in [-0.25, -0.2) is 9.37 Å². The second-order valence-electron chi connectivity index (χ2n) is 12.9. The maximum absolute atomic E-state index is 15.6. The molecular formula is C37H39FN6O4S. The molecule has 1 aromatic carbocycles. The van der Waals surface area contributed by atoms with Crippen molar-refractivity contribution in [2.24, 2.45) is 7.05 Å². The van der Waals surface area contributed by atoms with Crippen molar-refractivity contribution in [2.75, 3.05) is 54.4 Å². The van der Waals surface area contributed by atoms with Gasteiger partial charge < -0.3 is 29.3 Å². The Labute approximate surface area is 288 Å². The van der Waals surface area contributed by atoms with Gasteiger partial charge in [0.25, 0.3) is 11.5 Å². The number of benzene rings is 1. The van der Waals surface area contributed by atoms with Crippen LogP contribution in [0.1, 0.15) is 45.1 Å². The van der Waals surface area contributed by atoms with Gasteiger partial charge in [-0.2, -0.15) is 0 Å². The van der Waals surface area contributed by atoms with E-state index < -0.39 is 11.8 Å². The maximum atomic E-state index is 15.6. The summed E-state index contributed by atoms with van der Waals surface area (Å²) in [5.74, 6) is -0.767. The molecular weight excluding hydrogens is 644 g/mol. The number of fused-ring (bicyclic) bond motifs is 3. The number of allylic oxidation sites excluding steroid dienone is 1. The number of aryl methyl sites for hydroxylation is 1. The fourth-order valence-electron chi connectivity index (χ4n) is 7.06. The number of hydrogen-bond acceptors (Lipinski definition) is 9. The first-order chi connectivity index (χ1) is 23.6. The quantitative estimate of drug-likeness (QED) is 0.194. The number of halogens is 1. The van der Waals surface area contributed by atoms with Crippen molar-refractivity contribution in [3.63, 3.8) is 0 Å². The summed E-state index contributed by atoms with van der Waals surface area (Å²) in [6.07, 6.45) is 5.61. The van der Waals surface area contributed by atoms with E-state index in [0.717, 1.165) is 62.4 Å². The summed E-state index contributed by atoms with van der Waals surface area (Å²) in [4.78, 5) is 52.0. The van der Waals surface area contributed by atoms with Crippen LogP contribution in [0.4, 0.5) is 27.3 Å². The molecule has 10 nitrogen and oxygen atoms in total. The number of nitrogens with one attached hydrogen (secondary N) is 1. The van der Waals surface area contributed by atoms with Gasteiger partial charge >= 0.3 is 5.97 Å². The number of piperazine rings is 1. The van der Waals surface area contributed by atoms with Crippen molar-refractivity contribution < 1.29 is 18.7 Å². The third kappa shape index (κ3) is 6.38. The molecule has 0 radical (unpaired) electrons. The molecule has 1 aliphatic carbocycles. The van der Waals surface area contributed by atoms with Crippen LogP contribution < -0.4 is 20.7 Å². The SMILES string of the molecule is C=C1Cc2sc3c(c2C1)CCN(c1cc(F)cc(-c2cc(Nc4ccc(N5CCN(CC)CC5)cn4)c(=O)n(C)c2)c1COC(C)=O)C3=O. The first-order valence-electron chi connectivity index (χ1n) is 16.6. The number of likely N-dealkylation sites (N-methyl/N-ethyl adjacent to an activating group) is 1. The van der Waals surface area contributed by atoms with Gasteiger partial charge in [-0.15, -0.1) is 11.3 Å². The van der Waals surface area contributed by atoms with Crippen LogP contribution in [0.25, 0.3) is 11.1 Å². The predicted molar refractivity (Wildman–Crippen MR) is 191 cm³/mol. The highest BCUT2D eigenvalue weighted by atomic mass is 32.1. The van der Waals surface area contributed by atoms with Crippen molar-refractivity contribution >= 4 is 46.1 Å². The number of aromatic nitrogens is 2. The fraction of sp³-hybridized carbons (Fsp3) is 0.351. The first kappa shape index (κ1) is 32.7. The zero-order valence-corrected chi connectivity index (χ0v) is 28.8. The second kappa shape index (κ2) is 13.2. The minimum absolute atomic E-state index is 0.182. The van der Waals surface area contributed by atoms with E-state index in [-0.39, 0.29) is 23.8 Å². The van der Waals surface area contributed by atoms with Crippen molar-refractivity contribution in [1.82, 2.24) is 14.5 Å². The van der Waals surface area contributed by atoms with E-state index in [9.17, 15) is 14.4 Å². The van der Waals surface area contributed by atoms with E-state index in [1.54, 1.807) is 30.4 Å². The molecule has 0 bridgehead atoms. The lowest BCUT2D eigenvalue weighted by Gasteiger charge is -2.35. The third-order valence-corrected chi connectivity index (χ3v) is 10.9. The molecule has 2 aliphatic heterocycles. The van der Waals surface area contributed by atoms with Gasteiger partial charge in [-0.3, -0.25) is 14.4 Å². The molecule has 0 atom stereocenters. The number of pyridine rings is 2. The molecule has 1 fully saturated rings. The highest BCUT2D eigenvalue weighted by molar-refractivity contribution is 7.14. The van der Waals surface area contributed by atoms with Crippen LogP contribution in [-0.2, 0) is 42.4 Å². The van der Waals surface area contributed by atoms with E-state index in [2.05, 4.69) is 33.6 Å². The van der Waals surface area contributed by atoms with E-state index in [1.165, 1.54) is 45.4 Å². The lowest BCUT2D eigenvalue weighted by molar-refractivity contribution is -0.142. The summed E-state index contributed by atoms with van der Waals surface area (Å²) in [6.45, 7) is 12.7. The Bertz CT molecular complexity index is 2030. The molecule has 1 N–H and O–H groups in total. The van der Waals surface area contributed by atoms with Gasteiger partial charge in [0, 0.05) is 75.3 Å². The first-order valence-corrected chi connectivity index (χ1v) is 17.4. The Morgan fingerprint density at radius 1 is 1.08 bits per heavy atom. The van der Waals surface area contributed by atoms with Crippen LogP contribution in [0.15, 0.2) is 59.7 Å². The number of rotatable bonds is 8. The Balaban J connectivity index is 1.22. The number of thiophene rings is 1. The molecule has 49 heavy (non-hydrogen) atoms. The lowest BCUT2D eigenvalue weighted by Crippen LogP contribution is -2.46. The van der Waals surface area contributed by atoms with Gasteiger partial charge in [0.1, 0.15) is 23.9 Å². The molecule has 1 amide bonds. The largest absolute Gasteiger partial charge is 0.461 e. The molecule has 5 heterocycles. The second-order valence-corrected chi connectivity index (χ2v) is 14.0. The van der Waals surface area contributed by atoms with Crippen molar-refractivity contribution in [3.05, 3.63) is 97.5 Å². The van der Waals surface area contributed by atoms with Crippen LogP contribution >= 0.6 is 11.3 Å². The van der Waals surface area contributed by atoms with Crippen molar-refractivity contribution in [1.29, 1.82) is 0 Å². The van der Waals surface area contributed by atoms with Crippen LogP contribution in [0.2, 0.25) is 0 Å². The molecule has 0 unspecified atom stereocenters. The molecule has 7 rings (SSSR count). The Kier molecular flexibility index (Phi) is 8.84. The Hall–Kier alpha value is -4.81. The molecule has 12 heteroatoms. The summed E-state index contributed by atoms with van der Waals surface area (Å²) < 4.78 is 22.4. The lowest BCUT2D eigenvalue weighted by atomic mass is 9.96.